The minimum absolute atomic E-state index is 0.135. The van der Waals surface area contributed by atoms with Gasteiger partial charge >= 0.3 is 0 Å². The molecular weight excluding hydrogens is 366 g/mol. The van der Waals surface area contributed by atoms with Crippen LogP contribution in [0.1, 0.15) is 20.9 Å². The van der Waals surface area contributed by atoms with Crippen molar-refractivity contribution >= 4 is 44.7 Å². The fourth-order valence-electron chi connectivity index (χ4n) is 2.85. The van der Waals surface area contributed by atoms with Gasteiger partial charge in [-0.2, -0.15) is 5.10 Å². The van der Waals surface area contributed by atoms with Crippen molar-refractivity contribution in [3.05, 3.63) is 75.8 Å². The fourth-order valence-corrected chi connectivity index (χ4v) is 4.05. The molecule has 4 rings (SSSR count). The Bertz CT molecular complexity index is 1110. The lowest BCUT2D eigenvalue weighted by atomic mass is 10.2. The Morgan fingerprint density at radius 2 is 1.85 bits per heavy atom. The number of hydrogen-bond acceptors (Lipinski definition) is 3. The summed E-state index contributed by atoms with van der Waals surface area (Å²) in [7, 11) is 0. The number of anilines is 1. The van der Waals surface area contributed by atoms with Crippen molar-refractivity contribution in [2.24, 2.45) is 0 Å². The van der Waals surface area contributed by atoms with Gasteiger partial charge in [-0.1, -0.05) is 29.8 Å². The van der Waals surface area contributed by atoms with Crippen molar-refractivity contribution in [1.82, 2.24) is 9.78 Å². The zero-order chi connectivity index (χ0) is 18.3. The van der Waals surface area contributed by atoms with Crippen LogP contribution in [0.15, 0.2) is 54.6 Å². The summed E-state index contributed by atoms with van der Waals surface area (Å²) >= 11 is 7.33. The number of halogens is 1. The first-order valence-corrected chi connectivity index (χ1v) is 9.34. The number of fused-ring (bicyclic) bond motifs is 1. The highest BCUT2D eigenvalue weighted by atomic mass is 35.5. The number of aryl methyl sites for hydroxylation is 2. The van der Waals surface area contributed by atoms with E-state index in [9.17, 15) is 4.79 Å². The van der Waals surface area contributed by atoms with E-state index in [1.54, 1.807) is 24.3 Å². The predicted molar refractivity (Wildman–Crippen MR) is 108 cm³/mol. The Kier molecular flexibility index (Phi) is 4.26. The Labute approximate surface area is 160 Å². The van der Waals surface area contributed by atoms with E-state index >= 15 is 0 Å². The van der Waals surface area contributed by atoms with Crippen molar-refractivity contribution in [3.8, 4) is 5.69 Å². The SMILES string of the molecule is Cc1ccccc1-n1nc(C)c2cc(C(=O)Nc3ccc(Cl)cc3)sc21. The second-order valence-electron chi connectivity index (χ2n) is 6.07. The first-order chi connectivity index (χ1) is 12.5. The van der Waals surface area contributed by atoms with E-state index in [-0.39, 0.29) is 5.91 Å². The van der Waals surface area contributed by atoms with E-state index in [4.69, 9.17) is 11.6 Å². The Balaban J connectivity index is 1.72. The van der Waals surface area contributed by atoms with Gasteiger partial charge in [-0.05, 0) is 55.8 Å². The molecule has 0 saturated heterocycles. The standard InChI is InChI=1S/C20H16ClN3OS/c1-12-5-3-4-6-17(12)24-20-16(13(2)23-24)11-18(26-20)19(25)22-15-9-7-14(21)8-10-15/h3-11H,1-2H3,(H,22,25). The Morgan fingerprint density at radius 3 is 2.58 bits per heavy atom. The molecule has 0 bridgehead atoms. The third-order valence-electron chi connectivity index (χ3n) is 4.21. The zero-order valence-electron chi connectivity index (χ0n) is 14.3. The molecular formula is C20H16ClN3OS. The van der Waals surface area contributed by atoms with E-state index in [0.717, 1.165) is 27.2 Å². The number of carbonyl (C=O) groups is 1. The number of nitrogens with one attached hydrogen (secondary N) is 1. The molecule has 0 radical (unpaired) electrons. The summed E-state index contributed by atoms with van der Waals surface area (Å²) in [5, 5.41) is 9.20. The fraction of sp³-hybridized carbons (Fsp3) is 0.100. The number of hydrogen-bond donors (Lipinski definition) is 1. The maximum Gasteiger partial charge on any atom is 0.265 e. The Morgan fingerprint density at radius 1 is 1.12 bits per heavy atom. The minimum Gasteiger partial charge on any atom is -0.321 e. The average molecular weight is 382 g/mol. The van der Waals surface area contributed by atoms with Crippen LogP contribution < -0.4 is 5.32 Å². The first kappa shape index (κ1) is 16.8. The lowest BCUT2D eigenvalue weighted by Crippen LogP contribution is -2.09. The van der Waals surface area contributed by atoms with Crippen LogP contribution in [0, 0.1) is 13.8 Å². The van der Waals surface area contributed by atoms with Crippen molar-refractivity contribution in [3.63, 3.8) is 0 Å². The molecule has 0 atom stereocenters. The van der Waals surface area contributed by atoms with Crippen molar-refractivity contribution in [2.75, 3.05) is 5.32 Å². The maximum absolute atomic E-state index is 12.6. The molecule has 26 heavy (non-hydrogen) atoms. The van der Waals surface area contributed by atoms with Gasteiger partial charge in [0.2, 0.25) is 0 Å². The maximum atomic E-state index is 12.6. The highest BCUT2D eigenvalue weighted by Crippen LogP contribution is 2.31. The number of carbonyl (C=O) groups excluding carboxylic acids is 1. The molecule has 6 heteroatoms. The van der Waals surface area contributed by atoms with Crippen LogP contribution in [0.4, 0.5) is 5.69 Å². The molecule has 2 heterocycles. The summed E-state index contributed by atoms with van der Waals surface area (Å²) < 4.78 is 1.92. The van der Waals surface area contributed by atoms with Gasteiger partial charge in [0.15, 0.2) is 0 Å². The van der Waals surface area contributed by atoms with Crippen LogP contribution in [-0.4, -0.2) is 15.7 Å². The largest absolute Gasteiger partial charge is 0.321 e. The molecule has 2 aromatic carbocycles. The predicted octanol–water partition coefficient (Wildman–Crippen LogP) is 5.61. The monoisotopic (exact) mass is 381 g/mol. The number of aromatic nitrogens is 2. The van der Waals surface area contributed by atoms with Crippen LogP contribution in [0.2, 0.25) is 5.02 Å². The molecule has 0 spiro atoms. The Hall–Kier alpha value is -2.63. The van der Waals surface area contributed by atoms with Crippen molar-refractivity contribution in [2.45, 2.75) is 13.8 Å². The average Bonchev–Trinajstić information content (AvgIpc) is 3.19. The van der Waals surface area contributed by atoms with E-state index in [1.165, 1.54) is 11.3 Å². The molecule has 4 nitrogen and oxygen atoms in total. The van der Waals surface area contributed by atoms with Crippen molar-refractivity contribution < 1.29 is 4.79 Å². The second-order valence-corrected chi connectivity index (χ2v) is 7.54. The van der Waals surface area contributed by atoms with Gasteiger partial charge in [-0.3, -0.25) is 4.79 Å². The summed E-state index contributed by atoms with van der Waals surface area (Å²) in [5.41, 5.74) is 3.79. The molecule has 0 aliphatic heterocycles. The van der Waals surface area contributed by atoms with Gasteiger partial charge in [-0.15, -0.1) is 11.3 Å². The molecule has 4 aromatic rings. The smallest absolute Gasteiger partial charge is 0.265 e. The number of para-hydroxylation sites is 1. The number of amides is 1. The summed E-state index contributed by atoms with van der Waals surface area (Å²) in [6, 6.07) is 17.1. The lowest BCUT2D eigenvalue weighted by Gasteiger charge is -2.06. The molecule has 1 N–H and O–H groups in total. The van der Waals surface area contributed by atoms with Crippen LogP contribution in [0.25, 0.3) is 15.9 Å². The van der Waals surface area contributed by atoms with Gasteiger partial charge in [-0.25, -0.2) is 4.68 Å². The van der Waals surface area contributed by atoms with Crippen molar-refractivity contribution in [1.29, 1.82) is 0 Å². The van der Waals surface area contributed by atoms with Crippen LogP contribution in [0.3, 0.4) is 0 Å². The summed E-state index contributed by atoms with van der Waals surface area (Å²) in [5.74, 6) is -0.135. The summed E-state index contributed by atoms with van der Waals surface area (Å²) in [6.45, 7) is 4.02. The van der Waals surface area contributed by atoms with Gasteiger partial charge in [0.25, 0.3) is 5.91 Å². The van der Waals surface area contributed by atoms with Gasteiger partial charge < -0.3 is 5.32 Å². The van der Waals surface area contributed by atoms with Crippen LogP contribution >= 0.6 is 22.9 Å². The number of thiophene rings is 1. The second kappa shape index (κ2) is 6.59. The van der Waals surface area contributed by atoms with Gasteiger partial charge in [0.1, 0.15) is 4.83 Å². The normalized spacial score (nSPS) is 11.0. The van der Waals surface area contributed by atoms with Crippen LogP contribution in [-0.2, 0) is 0 Å². The van der Waals surface area contributed by atoms with E-state index in [2.05, 4.69) is 23.4 Å². The molecule has 0 aliphatic rings. The lowest BCUT2D eigenvalue weighted by molar-refractivity contribution is 0.103. The molecule has 0 fully saturated rings. The molecule has 0 aliphatic carbocycles. The van der Waals surface area contributed by atoms with E-state index in [0.29, 0.717) is 15.6 Å². The summed E-state index contributed by atoms with van der Waals surface area (Å²) in [4.78, 5) is 14.3. The topological polar surface area (TPSA) is 46.9 Å². The molecule has 130 valence electrons. The molecule has 0 saturated carbocycles. The molecule has 1 amide bonds. The highest BCUT2D eigenvalue weighted by molar-refractivity contribution is 7.20. The highest BCUT2D eigenvalue weighted by Gasteiger charge is 2.18. The number of rotatable bonds is 3. The van der Waals surface area contributed by atoms with E-state index in [1.807, 2.05) is 35.9 Å². The molecule has 0 unspecified atom stereocenters. The van der Waals surface area contributed by atoms with Crippen LogP contribution in [0.5, 0.6) is 0 Å². The van der Waals surface area contributed by atoms with Gasteiger partial charge in [0, 0.05) is 16.1 Å². The number of nitrogens with zero attached hydrogens (tertiary/aromatic N) is 2. The molecule has 2 aromatic heterocycles. The summed E-state index contributed by atoms with van der Waals surface area (Å²) in [6.07, 6.45) is 0. The zero-order valence-corrected chi connectivity index (χ0v) is 15.9. The third-order valence-corrected chi connectivity index (χ3v) is 5.58. The number of benzene rings is 2. The quantitative estimate of drug-likeness (QED) is 0.501. The first-order valence-electron chi connectivity index (χ1n) is 8.15. The minimum atomic E-state index is -0.135. The third kappa shape index (κ3) is 3.00. The van der Waals surface area contributed by atoms with Gasteiger partial charge in [0.05, 0.1) is 16.3 Å². The van der Waals surface area contributed by atoms with E-state index < -0.39 is 0 Å².